The summed E-state index contributed by atoms with van der Waals surface area (Å²) < 4.78 is 4.99. The number of allylic oxidation sites excluding steroid dienone is 3. The zero-order valence-corrected chi connectivity index (χ0v) is 11.2. The van der Waals surface area contributed by atoms with E-state index in [-0.39, 0.29) is 12.5 Å². The minimum Gasteiger partial charge on any atom is -0.445 e. The maximum Gasteiger partial charge on any atom is 0.408 e. The SMILES string of the molecule is C=C/C(=C\C=C/C)COC(=O)NC(C=O)C(C)C. The predicted molar refractivity (Wildman–Crippen MR) is 72.3 cm³/mol. The summed E-state index contributed by atoms with van der Waals surface area (Å²) in [7, 11) is 0. The van der Waals surface area contributed by atoms with Gasteiger partial charge in [-0.15, -0.1) is 0 Å². The highest BCUT2D eigenvalue weighted by atomic mass is 16.5. The predicted octanol–water partition coefficient (Wildman–Crippen LogP) is 2.62. The number of amides is 1. The Morgan fingerprint density at radius 3 is 2.56 bits per heavy atom. The lowest BCUT2D eigenvalue weighted by Crippen LogP contribution is -2.40. The van der Waals surface area contributed by atoms with Crippen LogP contribution in [0.3, 0.4) is 0 Å². The van der Waals surface area contributed by atoms with Gasteiger partial charge in [0.15, 0.2) is 0 Å². The topological polar surface area (TPSA) is 55.4 Å². The van der Waals surface area contributed by atoms with E-state index < -0.39 is 12.1 Å². The molecule has 100 valence electrons. The first-order chi connectivity index (χ1) is 8.54. The fourth-order valence-corrected chi connectivity index (χ4v) is 1.08. The molecule has 1 N–H and O–H groups in total. The van der Waals surface area contributed by atoms with Crippen molar-refractivity contribution in [1.29, 1.82) is 0 Å². The molecular formula is C14H21NO3. The van der Waals surface area contributed by atoms with E-state index in [1.165, 1.54) is 0 Å². The van der Waals surface area contributed by atoms with Crippen LogP contribution in [0.25, 0.3) is 0 Å². The second kappa shape index (κ2) is 9.22. The van der Waals surface area contributed by atoms with Crippen molar-refractivity contribution in [3.05, 3.63) is 36.5 Å². The van der Waals surface area contributed by atoms with Crippen molar-refractivity contribution >= 4 is 12.4 Å². The molecule has 1 amide bonds. The molecule has 0 aromatic carbocycles. The zero-order valence-electron chi connectivity index (χ0n) is 11.2. The highest BCUT2D eigenvalue weighted by Crippen LogP contribution is 2.01. The maximum absolute atomic E-state index is 11.4. The number of alkyl carbamates (subject to hydrolysis) is 1. The zero-order chi connectivity index (χ0) is 14.0. The first kappa shape index (κ1) is 16.2. The van der Waals surface area contributed by atoms with Crippen LogP contribution in [0.15, 0.2) is 36.5 Å². The molecule has 0 saturated heterocycles. The second-order valence-corrected chi connectivity index (χ2v) is 4.10. The monoisotopic (exact) mass is 251 g/mol. The minimum absolute atomic E-state index is 0.0347. The highest BCUT2D eigenvalue weighted by Gasteiger charge is 2.15. The van der Waals surface area contributed by atoms with Crippen molar-refractivity contribution in [2.75, 3.05) is 6.61 Å². The van der Waals surface area contributed by atoms with Gasteiger partial charge in [0, 0.05) is 0 Å². The van der Waals surface area contributed by atoms with Gasteiger partial charge in [-0.2, -0.15) is 0 Å². The molecule has 0 rings (SSSR count). The van der Waals surface area contributed by atoms with Crippen LogP contribution >= 0.6 is 0 Å². The number of carbonyl (C=O) groups excluding carboxylic acids is 2. The average molecular weight is 251 g/mol. The van der Waals surface area contributed by atoms with Crippen LogP contribution in [0.2, 0.25) is 0 Å². The fraction of sp³-hybridized carbons (Fsp3) is 0.429. The molecule has 0 spiro atoms. The first-order valence-corrected chi connectivity index (χ1v) is 5.88. The summed E-state index contributed by atoms with van der Waals surface area (Å²) in [6.07, 6.45) is 7.22. The van der Waals surface area contributed by atoms with E-state index in [9.17, 15) is 9.59 Å². The number of carbonyl (C=O) groups is 2. The number of ether oxygens (including phenoxy) is 1. The number of nitrogens with one attached hydrogen (secondary N) is 1. The Hall–Kier alpha value is -1.84. The molecule has 0 heterocycles. The van der Waals surface area contributed by atoms with Gasteiger partial charge in [0.2, 0.25) is 0 Å². The lowest BCUT2D eigenvalue weighted by atomic mass is 10.1. The average Bonchev–Trinajstić information content (AvgIpc) is 2.35. The minimum atomic E-state index is -0.603. The molecule has 0 fully saturated rings. The van der Waals surface area contributed by atoms with Gasteiger partial charge in [-0.25, -0.2) is 4.79 Å². The normalized spacial score (nSPS) is 13.4. The summed E-state index contributed by atoms with van der Waals surface area (Å²) >= 11 is 0. The van der Waals surface area contributed by atoms with Gasteiger partial charge in [-0.05, 0) is 18.4 Å². The molecule has 0 bridgehead atoms. The highest BCUT2D eigenvalue weighted by molar-refractivity contribution is 5.73. The van der Waals surface area contributed by atoms with Gasteiger partial charge < -0.3 is 14.8 Å². The summed E-state index contributed by atoms with van der Waals surface area (Å²) in [5.41, 5.74) is 0.787. The number of hydrogen-bond donors (Lipinski definition) is 1. The summed E-state index contributed by atoms with van der Waals surface area (Å²) in [5.74, 6) is 0.0347. The van der Waals surface area contributed by atoms with Crippen LogP contribution in [0, 0.1) is 5.92 Å². The summed E-state index contributed by atoms with van der Waals surface area (Å²) in [6.45, 7) is 9.34. The van der Waals surface area contributed by atoms with Gasteiger partial charge >= 0.3 is 6.09 Å². The third-order valence-electron chi connectivity index (χ3n) is 2.28. The summed E-state index contributed by atoms with van der Waals surface area (Å²) in [4.78, 5) is 22.1. The van der Waals surface area contributed by atoms with Crippen molar-refractivity contribution in [2.24, 2.45) is 5.92 Å². The van der Waals surface area contributed by atoms with Gasteiger partial charge in [0.05, 0.1) is 6.04 Å². The molecule has 1 atom stereocenters. The largest absolute Gasteiger partial charge is 0.445 e. The van der Waals surface area contributed by atoms with Crippen LogP contribution in [-0.2, 0) is 9.53 Å². The van der Waals surface area contributed by atoms with E-state index >= 15 is 0 Å². The molecule has 0 aliphatic rings. The smallest absolute Gasteiger partial charge is 0.408 e. The molecule has 0 aromatic heterocycles. The van der Waals surface area contributed by atoms with Crippen molar-refractivity contribution in [3.63, 3.8) is 0 Å². The van der Waals surface area contributed by atoms with Crippen LogP contribution in [-0.4, -0.2) is 25.0 Å². The molecule has 0 saturated carbocycles. The Kier molecular flexibility index (Phi) is 8.27. The second-order valence-electron chi connectivity index (χ2n) is 4.10. The summed E-state index contributed by atoms with van der Waals surface area (Å²) in [6, 6.07) is -0.524. The molecule has 18 heavy (non-hydrogen) atoms. The Balaban J connectivity index is 4.24. The van der Waals surface area contributed by atoms with Crippen LogP contribution in [0.1, 0.15) is 20.8 Å². The third-order valence-corrected chi connectivity index (χ3v) is 2.28. The number of hydrogen-bond acceptors (Lipinski definition) is 3. The molecule has 0 radical (unpaired) electrons. The first-order valence-electron chi connectivity index (χ1n) is 5.88. The quantitative estimate of drug-likeness (QED) is 0.559. The Morgan fingerprint density at radius 2 is 2.11 bits per heavy atom. The lowest BCUT2D eigenvalue weighted by molar-refractivity contribution is -0.110. The van der Waals surface area contributed by atoms with Gasteiger partial charge in [-0.1, -0.05) is 44.7 Å². The van der Waals surface area contributed by atoms with E-state index in [4.69, 9.17) is 4.74 Å². The van der Waals surface area contributed by atoms with E-state index in [0.717, 1.165) is 5.57 Å². The van der Waals surface area contributed by atoms with E-state index in [1.54, 1.807) is 12.2 Å². The Morgan fingerprint density at radius 1 is 1.44 bits per heavy atom. The van der Waals surface area contributed by atoms with Crippen molar-refractivity contribution < 1.29 is 14.3 Å². The maximum atomic E-state index is 11.4. The molecule has 1 unspecified atom stereocenters. The standard InChI is InChI=1S/C14H21NO3/c1-5-7-8-12(6-2)10-18-14(17)15-13(9-16)11(3)4/h5-9,11,13H,2,10H2,1,3-4H3,(H,15,17)/b7-5-,12-8+. The van der Waals surface area contributed by atoms with Crippen LogP contribution in [0.4, 0.5) is 4.79 Å². The third kappa shape index (κ3) is 6.68. The molecule has 4 nitrogen and oxygen atoms in total. The van der Waals surface area contributed by atoms with E-state index in [0.29, 0.717) is 6.29 Å². The number of aldehydes is 1. The molecule has 4 heteroatoms. The van der Waals surface area contributed by atoms with Gasteiger partial charge in [0.25, 0.3) is 0 Å². The molecule has 0 aliphatic heterocycles. The molecular weight excluding hydrogens is 230 g/mol. The molecule has 0 aliphatic carbocycles. The van der Waals surface area contributed by atoms with Crippen molar-refractivity contribution in [1.82, 2.24) is 5.32 Å². The summed E-state index contributed by atoms with van der Waals surface area (Å²) in [5, 5.41) is 2.49. The van der Waals surface area contributed by atoms with E-state index in [2.05, 4.69) is 11.9 Å². The fourth-order valence-electron chi connectivity index (χ4n) is 1.08. The lowest BCUT2D eigenvalue weighted by Gasteiger charge is -2.16. The van der Waals surface area contributed by atoms with Crippen LogP contribution in [0.5, 0.6) is 0 Å². The molecule has 0 aromatic rings. The number of rotatable bonds is 7. The van der Waals surface area contributed by atoms with Crippen molar-refractivity contribution in [3.8, 4) is 0 Å². The van der Waals surface area contributed by atoms with Gasteiger partial charge in [-0.3, -0.25) is 0 Å². The van der Waals surface area contributed by atoms with Crippen molar-refractivity contribution in [2.45, 2.75) is 26.8 Å². The Labute approximate surface area is 108 Å². The van der Waals surface area contributed by atoms with E-state index in [1.807, 2.05) is 32.9 Å². The Bertz CT molecular complexity index is 343. The van der Waals surface area contributed by atoms with Gasteiger partial charge in [0.1, 0.15) is 12.9 Å². The van der Waals surface area contributed by atoms with Crippen LogP contribution < -0.4 is 5.32 Å².